The zero-order valence-corrected chi connectivity index (χ0v) is 22.4. The molecule has 0 N–H and O–H groups in total. The summed E-state index contributed by atoms with van der Waals surface area (Å²) in [6.45, 7) is 9.62. The summed E-state index contributed by atoms with van der Waals surface area (Å²) >= 11 is 3.15. The Hall–Kier alpha value is -1.38. The van der Waals surface area contributed by atoms with Crippen molar-refractivity contribution in [3.8, 4) is 0 Å². The summed E-state index contributed by atoms with van der Waals surface area (Å²) in [5.41, 5.74) is 1.32. The van der Waals surface area contributed by atoms with Crippen LogP contribution in [0.4, 0.5) is 0 Å². The van der Waals surface area contributed by atoms with E-state index >= 15 is 0 Å². The lowest BCUT2D eigenvalue weighted by Crippen LogP contribution is -2.45. The van der Waals surface area contributed by atoms with E-state index in [1.54, 1.807) is 11.3 Å². The van der Waals surface area contributed by atoms with E-state index in [9.17, 15) is 9.59 Å². The van der Waals surface area contributed by atoms with Crippen LogP contribution in [0.5, 0.6) is 0 Å². The second kappa shape index (κ2) is 10.5. The molecule has 2 aliphatic rings. The zero-order valence-electron chi connectivity index (χ0n) is 20.7. The minimum atomic E-state index is -0.262. The topological polar surface area (TPSA) is 58.4 Å². The van der Waals surface area contributed by atoms with Crippen molar-refractivity contribution in [2.45, 2.75) is 76.2 Å². The molecule has 3 unspecified atom stereocenters. The highest BCUT2D eigenvalue weighted by atomic mass is 32.2. The van der Waals surface area contributed by atoms with Gasteiger partial charge in [0.15, 0.2) is 5.16 Å². The van der Waals surface area contributed by atoms with E-state index in [0.717, 1.165) is 55.5 Å². The van der Waals surface area contributed by atoms with Gasteiger partial charge in [0.1, 0.15) is 4.83 Å². The Bertz CT molecular complexity index is 1050. The molecule has 3 heterocycles. The lowest BCUT2D eigenvalue weighted by molar-refractivity contribution is -0.132. The lowest BCUT2D eigenvalue weighted by atomic mass is 9.92. The summed E-state index contributed by atoms with van der Waals surface area (Å²) in [4.78, 5) is 38.4. The highest BCUT2D eigenvalue weighted by molar-refractivity contribution is 8.00. The third kappa shape index (κ3) is 5.49. The van der Waals surface area contributed by atoms with Gasteiger partial charge in [-0.15, -0.1) is 11.3 Å². The maximum Gasteiger partial charge on any atom is 0.263 e. The maximum atomic E-state index is 13.7. The molecular weight excluding hydrogens is 452 g/mol. The number of thiophene rings is 1. The first kappa shape index (κ1) is 24.7. The third-order valence-corrected chi connectivity index (χ3v) is 9.10. The van der Waals surface area contributed by atoms with Crippen molar-refractivity contribution in [1.29, 1.82) is 0 Å². The molecule has 6 nitrogen and oxygen atoms in total. The summed E-state index contributed by atoms with van der Waals surface area (Å²) in [5, 5.41) is 1.27. The first-order valence-corrected chi connectivity index (χ1v) is 14.1. The monoisotopic (exact) mass is 490 g/mol. The second-order valence-corrected chi connectivity index (χ2v) is 12.7. The van der Waals surface area contributed by atoms with Crippen LogP contribution < -0.4 is 5.56 Å². The number of hydrogen-bond donors (Lipinski definition) is 0. The molecule has 1 saturated heterocycles. The third-order valence-electron chi connectivity index (χ3n) is 6.84. The van der Waals surface area contributed by atoms with Gasteiger partial charge in [-0.25, -0.2) is 4.98 Å². The average molecular weight is 491 g/mol. The molecule has 1 amide bonds. The summed E-state index contributed by atoms with van der Waals surface area (Å²) in [6.07, 6.45) is 6.43. The van der Waals surface area contributed by atoms with Gasteiger partial charge in [0, 0.05) is 24.5 Å². The first-order chi connectivity index (χ1) is 15.7. The van der Waals surface area contributed by atoms with Crippen LogP contribution in [0, 0.1) is 11.8 Å². The Morgan fingerprint density at radius 1 is 1.21 bits per heavy atom. The van der Waals surface area contributed by atoms with Crippen LogP contribution in [0.15, 0.2) is 9.95 Å². The molecule has 4 rings (SSSR count). The van der Waals surface area contributed by atoms with Gasteiger partial charge < -0.3 is 9.80 Å². The summed E-state index contributed by atoms with van der Waals surface area (Å²) in [5.74, 6) is 1.23. The highest BCUT2D eigenvalue weighted by Gasteiger charge is 2.30. The number of amides is 1. The quantitative estimate of drug-likeness (QED) is 0.428. The minimum absolute atomic E-state index is 0.0838. The molecule has 182 valence electrons. The normalized spacial score (nSPS) is 22.1. The number of likely N-dealkylation sites (tertiary alicyclic amines) is 1. The van der Waals surface area contributed by atoms with Crippen molar-refractivity contribution >= 4 is 39.2 Å². The summed E-state index contributed by atoms with van der Waals surface area (Å²) < 4.78 is 1.85. The number of carbonyl (C=O) groups excluding carboxylic acids is 1. The van der Waals surface area contributed by atoms with Crippen LogP contribution in [0.2, 0.25) is 0 Å². The molecule has 1 aliphatic carbocycles. The van der Waals surface area contributed by atoms with Gasteiger partial charge in [-0.1, -0.05) is 25.6 Å². The Balaban J connectivity index is 1.64. The molecule has 8 heteroatoms. The van der Waals surface area contributed by atoms with Gasteiger partial charge in [0.05, 0.1) is 10.6 Å². The van der Waals surface area contributed by atoms with Crippen molar-refractivity contribution in [3.05, 3.63) is 20.8 Å². The number of fused-ring (bicyclic) bond motifs is 3. The maximum absolute atomic E-state index is 13.7. The molecule has 0 bridgehead atoms. The number of nitrogens with zero attached hydrogens (tertiary/aromatic N) is 4. The molecule has 2 aromatic heterocycles. The van der Waals surface area contributed by atoms with Crippen LogP contribution >= 0.6 is 23.1 Å². The van der Waals surface area contributed by atoms with E-state index in [4.69, 9.17) is 4.98 Å². The second-order valence-electron chi connectivity index (χ2n) is 10.3. The predicted octanol–water partition coefficient (Wildman–Crippen LogP) is 4.27. The molecule has 0 saturated carbocycles. The Morgan fingerprint density at radius 2 is 1.91 bits per heavy atom. The molecule has 1 aliphatic heterocycles. The molecular formula is C25H38N4O2S2. The molecule has 33 heavy (non-hydrogen) atoms. The average Bonchev–Trinajstić information content (AvgIpc) is 3.12. The van der Waals surface area contributed by atoms with Crippen LogP contribution in [0.25, 0.3) is 10.2 Å². The Morgan fingerprint density at radius 3 is 2.61 bits per heavy atom. The zero-order chi connectivity index (χ0) is 23.7. The SMILES string of the molecule is CC1CC(C)CN(C(=O)C(C)Sc2nc3sc4c(c3c(=O)n2CCCN(C)C)CCCC4)C1. The summed E-state index contributed by atoms with van der Waals surface area (Å²) in [6, 6.07) is 0. The van der Waals surface area contributed by atoms with Gasteiger partial charge in [-0.3, -0.25) is 14.2 Å². The van der Waals surface area contributed by atoms with E-state index in [2.05, 4.69) is 32.8 Å². The fourth-order valence-electron chi connectivity index (χ4n) is 5.36. The van der Waals surface area contributed by atoms with E-state index in [1.165, 1.54) is 35.0 Å². The van der Waals surface area contributed by atoms with Crippen molar-refractivity contribution in [3.63, 3.8) is 0 Å². The van der Waals surface area contributed by atoms with E-state index in [-0.39, 0.29) is 16.7 Å². The Labute approximate surface area is 205 Å². The van der Waals surface area contributed by atoms with Crippen LogP contribution in [-0.4, -0.2) is 64.2 Å². The van der Waals surface area contributed by atoms with Crippen LogP contribution in [0.1, 0.15) is 56.9 Å². The van der Waals surface area contributed by atoms with Gasteiger partial charge in [0.25, 0.3) is 5.56 Å². The molecule has 0 aromatic carbocycles. The fraction of sp³-hybridized carbons (Fsp3) is 0.720. The largest absolute Gasteiger partial charge is 0.341 e. The smallest absolute Gasteiger partial charge is 0.263 e. The highest BCUT2D eigenvalue weighted by Crippen LogP contribution is 2.35. The number of thioether (sulfide) groups is 1. The number of aryl methyl sites for hydroxylation is 2. The molecule has 0 spiro atoms. The molecule has 1 fully saturated rings. The number of carbonyl (C=O) groups is 1. The van der Waals surface area contributed by atoms with E-state index < -0.39 is 0 Å². The summed E-state index contributed by atoms with van der Waals surface area (Å²) in [7, 11) is 4.10. The molecule has 2 aromatic rings. The fourth-order valence-corrected chi connectivity index (χ4v) is 7.68. The number of rotatable bonds is 7. The van der Waals surface area contributed by atoms with Crippen LogP contribution in [-0.2, 0) is 24.2 Å². The van der Waals surface area contributed by atoms with E-state index in [0.29, 0.717) is 23.5 Å². The number of aromatic nitrogens is 2. The van der Waals surface area contributed by atoms with Crippen molar-refractivity contribution in [1.82, 2.24) is 19.4 Å². The number of hydrogen-bond acceptors (Lipinski definition) is 6. The van der Waals surface area contributed by atoms with Gasteiger partial charge in [-0.2, -0.15) is 0 Å². The van der Waals surface area contributed by atoms with Crippen molar-refractivity contribution in [2.24, 2.45) is 11.8 Å². The Kier molecular flexibility index (Phi) is 7.86. The molecule has 3 atom stereocenters. The minimum Gasteiger partial charge on any atom is -0.341 e. The molecule has 0 radical (unpaired) electrons. The van der Waals surface area contributed by atoms with E-state index in [1.807, 2.05) is 16.4 Å². The number of piperidine rings is 1. The van der Waals surface area contributed by atoms with Crippen molar-refractivity contribution < 1.29 is 4.79 Å². The van der Waals surface area contributed by atoms with Gasteiger partial charge in [0.2, 0.25) is 5.91 Å². The standard InChI is InChI=1S/C25H38N4O2S2/c1-16-13-17(2)15-28(14-16)23(30)18(3)32-25-26-22-21(19-9-6-7-10-20(19)33-22)24(31)29(25)12-8-11-27(4)5/h16-18H,6-15H2,1-5H3. The lowest BCUT2D eigenvalue weighted by Gasteiger charge is -2.36. The van der Waals surface area contributed by atoms with Crippen molar-refractivity contribution in [2.75, 3.05) is 33.7 Å². The predicted molar refractivity (Wildman–Crippen MR) is 139 cm³/mol. The van der Waals surface area contributed by atoms with Crippen LogP contribution in [0.3, 0.4) is 0 Å². The van der Waals surface area contributed by atoms with Gasteiger partial charge in [-0.05, 0) is 83.5 Å². The van der Waals surface area contributed by atoms with Gasteiger partial charge >= 0.3 is 0 Å². The first-order valence-electron chi connectivity index (χ1n) is 12.4.